The maximum absolute atomic E-state index is 6.24. The monoisotopic (exact) mass is 284 g/mol. The second-order valence-electron chi connectivity index (χ2n) is 4.62. The first-order chi connectivity index (χ1) is 9.66. The molecule has 0 saturated carbocycles. The van der Waals surface area contributed by atoms with Crippen molar-refractivity contribution in [2.75, 3.05) is 5.73 Å². The number of benzene rings is 2. The van der Waals surface area contributed by atoms with E-state index in [1.807, 2.05) is 55.5 Å². The van der Waals surface area contributed by atoms with Crippen LogP contribution in [0.4, 0.5) is 5.88 Å². The number of hydrogen-bond donors (Lipinski definition) is 1. The summed E-state index contributed by atoms with van der Waals surface area (Å²) in [5, 5.41) is 4.69. The largest absolute Gasteiger partial charge is 0.367 e. The molecule has 3 rings (SSSR count). The van der Waals surface area contributed by atoms with Gasteiger partial charge in [-0.3, -0.25) is 0 Å². The summed E-state index contributed by atoms with van der Waals surface area (Å²) in [5.41, 5.74) is 10.3. The molecule has 2 N–H and O–H groups in total. The highest BCUT2D eigenvalue weighted by molar-refractivity contribution is 6.33. The van der Waals surface area contributed by atoms with Gasteiger partial charge in [0.25, 0.3) is 0 Å². The van der Waals surface area contributed by atoms with Crippen LogP contribution in [-0.4, -0.2) is 5.16 Å². The zero-order valence-electron chi connectivity index (χ0n) is 10.9. The first kappa shape index (κ1) is 12.8. The average Bonchev–Trinajstić information content (AvgIpc) is 2.81. The lowest BCUT2D eigenvalue weighted by molar-refractivity contribution is 0.439. The van der Waals surface area contributed by atoms with Crippen molar-refractivity contribution in [3.8, 4) is 22.4 Å². The lowest BCUT2D eigenvalue weighted by Gasteiger charge is -2.05. The minimum Gasteiger partial charge on any atom is -0.367 e. The van der Waals surface area contributed by atoms with E-state index in [0.717, 1.165) is 22.3 Å². The van der Waals surface area contributed by atoms with Crippen LogP contribution >= 0.6 is 11.6 Å². The van der Waals surface area contributed by atoms with Gasteiger partial charge in [-0.2, -0.15) is 0 Å². The van der Waals surface area contributed by atoms with E-state index >= 15 is 0 Å². The van der Waals surface area contributed by atoms with Crippen LogP contribution in [-0.2, 0) is 0 Å². The third-order valence-corrected chi connectivity index (χ3v) is 3.48. The molecule has 4 heteroatoms. The maximum Gasteiger partial charge on any atom is 0.230 e. The summed E-state index contributed by atoms with van der Waals surface area (Å²) in [6, 6.07) is 15.5. The Morgan fingerprint density at radius 2 is 1.90 bits per heavy atom. The van der Waals surface area contributed by atoms with Gasteiger partial charge in [0.15, 0.2) is 0 Å². The Labute approximate surface area is 122 Å². The van der Waals surface area contributed by atoms with E-state index in [1.165, 1.54) is 0 Å². The number of aryl methyl sites for hydroxylation is 1. The summed E-state index contributed by atoms with van der Waals surface area (Å²) in [6.07, 6.45) is 0. The fourth-order valence-electron chi connectivity index (χ4n) is 2.22. The minimum atomic E-state index is 0.297. The summed E-state index contributed by atoms with van der Waals surface area (Å²) in [4.78, 5) is 0. The van der Waals surface area contributed by atoms with Gasteiger partial charge in [-0.25, -0.2) is 0 Å². The summed E-state index contributed by atoms with van der Waals surface area (Å²) in [7, 11) is 0. The van der Waals surface area contributed by atoms with E-state index in [1.54, 1.807) is 0 Å². The number of nitrogens with zero attached hydrogens (tertiary/aromatic N) is 1. The van der Waals surface area contributed by atoms with Crippen LogP contribution in [0.3, 0.4) is 0 Å². The van der Waals surface area contributed by atoms with E-state index in [9.17, 15) is 0 Å². The molecule has 0 radical (unpaired) electrons. The van der Waals surface area contributed by atoms with Crippen molar-refractivity contribution >= 4 is 17.5 Å². The van der Waals surface area contributed by atoms with E-state index in [-0.39, 0.29) is 0 Å². The molecule has 0 bridgehead atoms. The van der Waals surface area contributed by atoms with Crippen molar-refractivity contribution in [3.05, 3.63) is 59.1 Å². The first-order valence-electron chi connectivity index (χ1n) is 6.24. The second-order valence-corrected chi connectivity index (χ2v) is 5.03. The van der Waals surface area contributed by atoms with Crippen LogP contribution in [0.15, 0.2) is 53.1 Å². The van der Waals surface area contributed by atoms with Crippen molar-refractivity contribution in [3.63, 3.8) is 0 Å². The van der Waals surface area contributed by atoms with Gasteiger partial charge in [0.05, 0.1) is 10.6 Å². The van der Waals surface area contributed by atoms with Gasteiger partial charge in [0.1, 0.15) is 5.69 Å². The average molecular weight is 285 g/mol. The van der Waals surface area contributed by atoms with Crippen molar-refractivity contribution in [1.82, 2.24) is 5.16 Å². The summed E-state index contributed by atoms with van der Waals surface area (Å²) in [5.74, 6) is 0.297. The molecule has 0 atom stereocenters. The standard InChI is InChI=1S/C16H13ClN2O/c1-10-5-4-6-11(9-10)14-15(19-20-16(14)18)12-7-2-3-8-13(12)17/h2-9H,18H2,1H3. The van der Waals surface area contributed by atoms with Crippen molar-refractivity contribution in [2.24, 2.45) is 0 Å². The zero-order chi connectivity index (χ0) is 14.1. The van der Waals surface area contributed by atoms with Crippen LogP contribution in [0.25, 0.3) is 22.4 Å². The van der Waals surface area contributed by atoms with Gasteiger partial charge in [0.2, 0.25) is 5.88 Å². The molecule has 3 nitrogen and oxygen atoms in total. The molecule has 0 aliphatic carbocycles. The number of nitrogens with two attached hydrogens (primary N) is 1. The maximum atomic E-state index is 6.24. The molecule has 0 saturated heterocycles. The third kappa shape index (κ3) is 2.17. The highest BCUT2D eigenvalue weighted by Gasteiger charge is 2.19. The molecule has 0 amide bonds. The van der Waals surface area contributed by atoms with Gasteiger partial charge < -0.3 is 10.3 Å². The van der Waals surface area contributed by atoms with Crippen LogP contribution in [0.1, 0.15) is 5.56 Å². The fourth-order valence-corrected chi connectivity index (χ4v) is 2.44. The Balaban J connectivity index is 2.23. The molecule has 0 aliphatic heterocycles. The van der Waals surface area contributed by atoms with Crippen LogP contribution in [0.2, 0.25) is 5.02 Å². The van der Waals surface area contributed by atoms with E-state index in [4.69, 9.17) is 21.9 Å². The third-order valence-electron chi connectivity index (χ3n) is 3.15. The lowest BCUT2D eigenvalue weighted by Crippen LogP contribution is -1.88. The van der Waals surface area contributed by atoms with E-state index in [2.05, 4.69) is 5.16 Å². The smallest absolute Gasteiger partial charge is 0.230 e. The van der Waals surface area contributed by atoms with Gasteiger partial charge in [0, 0.05) is 5.56 Å². The molecular weight excluding hydrogens is 272 g/mol. The first-order valence-corrected chi connectivity index (χ1v) is 6.61. The highest BCUT2D eigenvalue weighted by Crippen LogP contribution is 2.38. The van der Waals surface area contributed by atoms with E-state index < -0.39 is 0 Å². The molecule has 0 spiro atoms. The molecule has 1 aromatic heterocycles. The molecule has 0 aliphatic rings. The molecule has 20 heavy (non-hydrogen) atoms. The predicted molar refractivity (Wildman–Crippen MR) is 81.5 cm³/mol. The Bertz CT molecular complexity index is 765. The second kappa shape index (κ2) is 5.02. The van der Waals surface area contributed by atoms with Gasteiger partial charge >= 0.3 is 0 Å². The minimum absolute atomic E-state index is 0.297. The quantitative estimate of drug-likeness (QED) is 0.751. The SMILES string of the molecule is Cc1cccc(-c2c(-c3ccccc3Cl)noc2N)c1. The van der Waals surface area contributed by atoms with Gasteiger partial charge in [-0.1, -0.05) is 64.8 Å². The van der Waals surface area contributed by atoms with Crippen LogP contribution in [0, 0.1) is 6.92 Å². The normalized spacial score (nSPS) is 10.7. The Kier molecular flexibility index (Phi) is 3.20. The van der Waals surface area contributed by atoms with Crippen LogP contribution in [0.5, 0.6) is 0 Å². The zero-order valence-corrected chi connectivity index (χ0v) is 11.7. The molecule has 3 aromatic rings. The van der Waals surface area contributed by atoms with Crippen LogP contribution < -0.4 is 5.73 Å². The molecular formula is C16H13ClN2O. The Morgan fingerprint density at radius 3 is 2.65 bits per heavy atom. The van der Waals surface area contributed by atoms with Gasteiger partial charge in [-0.15, -0.1) is 0 Å². The number of aromatic nitrogens is 1. The number of rotatable bonds is 2. The number of halogens is 1. The fraction of sp³-hybridized carbons (Fsp3) is 0.0625. The molecule has 1 heterocycles. The van der Waals surface area contributed by atoms with Crippen molar-refractivity contribution < 1.29 is 4.52 Å². The van der Waals surface area contributed by atoms with Crippen molar-refractivity contribution in [1.29, 1.82) is 0 Å². The number of hydrogen-bond acceptors (Lipinski definition) is 3. The summed E-state index contributed by atoms with van der Waals surface area (Å²) in [6.45, 7) is 2.03. The van der Waals surface area contributed by atoms with Crippen molar-refractivity contribution in [2.45, 2.75) is 6.92 Å². The molecule has 0 fully saturated rings. The summed E-state index contributed by atoms with van der Waals surface area (Å²) >= 11 is 6.24. The lowest BCUT2D eigenvalue weighted by atomic mass is 9.99. The van der Waals surface area contributed by atoms with E-state index in [0.29, 0.717) is 16.6 Å². The molecule has 0 unspecified atom stereocenters. The van der Waals surface area contributed by atoms with Gasteiger partial charge in [-0.05, 0) is 18.6 Å². The number of anilines is 1. The highest BCUT2D eigenvalue weighted by atomic mass is 35.5. The molecule has 100 valence electrons. The summed E-state index contributed by atoms with van der Waals surface area (Å²) < 4.78 is 5.17. The predicted octanol–water partition coefficient (Wildman–Crippen LogP) is 4.55. The Hall–Kier alpha value is -2.26. The molecule has 2 aromatic carbocycles. The number of nitrogen functional groups attached to an aromatic ring is 1. The Morgan fingerprint density at radius 1 is 1.10 bits per heavy atom. The topological polar surface area (TPSA) is 52.0 Å².